The van der Waals surface area contributed by atoms with E-state index in [9.17, 15) is 8.42 Å². The molecule has 15 aromatic carbocycles. The normalized spacial score (nSPS) is 11.0. The Labute approximate surface area is 746 Å². The highest BCUT2D eigenvalue weighted by Gasteiger charge is 2.18. The molecule has 0 bridgehead atoms. The van der Waals surface area contributed by atoms with Gasteiger partial charge in [-0.25, -0.2) is 43.3 Å². The molecular weight excluding hydrogens is 1650 g/mol. The molecule has 0 aliphatic carbocycles. The van der Waals surface area contributed by atoms with Crippen LogP contribution in [0.2, 0.25) is 0 Å². The number of hydrogen-bond donors (Lipinski definition) is 0. The highest BCUT2D eigenvalue weighted by molar-refractivity contribution is 7.91. The van der Waals surface area contributed by atoms with Crippen molar-refractivity contribution in [2.75, 3.05) is 0 Å². The van der Waals surface area contributed by atoms with Gasteiger partial charge in [0.2, 0.25) is 21.3 Å². The van der Waals surface area contributed by atoms with Gasteiger partial charge in [-0.3, -0.25) is 15.0 Å². The molecule has 16 nitrogen and oxygen atoms in total. The number of pyridine rings is 5. The molecule has 616 valence electrons. The third kappa shape index (κ3) is 17.1. The lowest BCUT2D eigenvalue weighted by Crippen LogP contribution is -2.00. The predicted octanol–water partition coefficient (Wildman–Crippen LogP) is 28.6. The van der Waals surface area contributed by atoms with Gasteiger partial charge in [-0.05, 0) is 147 Å². The van der Waals surface area contributed by atoms with E-state index >= 15 is 0 Å². The lowest BCUT2D eigenvalue weighted by atomic mass is 9.97. The lowest BCUT2D eigenvalue weighted by molar-refractivity contribution is 0.596. The van der Waals surface area contributed by atoms with Gasteiger partial charge in [-0.2, -0.15) is 5.26 Å². The summed E-state index contributed by atoms with van der Waals surface area (Å²) in [5.41, 5.74) is 9.79. The van der Waals surface area contributed by atoms with Crippen molar-refractivity contribution in [3.8, 4) is 6.07 Å². The minimum absolute atomic E-state index is 0.330. The number of aromatic nitrogens is 10. The van der Waals surface area contributed by atoms with Crippen LogP contribution in [0.3, 0.4) is 0 Å². The second-order valence-electron chi connectivity index (χ2n) is 29.6. The van der Waals surface area contributed by atoms with E-state index in [1.165, 1.54) is 97.5 Å². The smallest absolute Gasteiger partial charge is 0.230 e. The van der Waals surface area contributed by atoms with E-state index in [1.807, 2.05) is 171 Å². The zero-order valence-electron chi connectivity index (χ0n) is 69.1. The summed E-state index contributed by atoms with van der Waals surface area (Å²) in [6.07, 6.45) is 17.4. The molecular formula is C110H73N11O5S3. The summed E-state index contributed by atoms with van der Waals surface area (Å²) in [6.45, 7) is 1.93. The molecule has 129 heavy (non-hydrogen) atoms. The molecule has 0 saturated carbocycles. The largest absolute Gasteiger partial charge is 0.443 e. The Morgan fingerprint density at radius 3 is 1.15 bits per heavy atom. The maximum Gasteiger partial charge on any atom is 0.230 e. The van der Waals surface area contributed by atoms with E-state index in [2.05, 4.69) is 226 Å². The number of sulfone groups is 1. The zero-order valence-corrected chi connectivity index (χ0v) is 71.5. The summed E-state index contributed by atoms with van der Waals surface area (Å²) < 4.78 is 43.2. The Kier molecular flexibility index (Phi) is 24.0. The molecule has 19 heteroatoms. The molecule has 12 aromatic heterocycles. The number of benzene rings is 15. The van der Waals surface area contributed by atoms with Crippen molar-refractivity contribution >= 4 is 215 Å². The molecule has 0 atom stereocenters. The quantitative estimate of drug-likeness (QED) is 0.147. The van der Waals surface area contributed by atoms with Crippen LogP contribution in [0.15, 0.2) is 449 Å². The van der Waals surface area contributed by atoms with E-state index in [4.69, 9.17) is 18.5 Å². The fourth-order valence-electron chi connectivity index (χ4n) is 15.8. The fourth-order valence-corrected chi connectivity index (χ4v) is 19.2. The Bertz CT molecular complexity index is 7560. The van der Waals surface area contributed by atoms with Gasteiger partial charge in [0.25, 0.3) is 0 Å². The number of thiophene rings is 2. The van der Waals surface area contributed by atoms with Crippen molar-refractivity contribution in [3.63, 3.8) is 0 Å². The maximum absolute atomic E-state index is 12.0. The number of oxazole rings is 1. The Morgan fingerprint density at radius 1 is 0.279 bits per heavy atom. The van der Waals surface area contributed by atoms with Crippen molar-refractivity contribution in [3.05, 3.63) is 438 Å². The van der Waals surface area contributed by atoms with E-state index in [-0.39, 0.29) is 0 Å². The van der Waals surface area contributed by atoms with Crippen molar-refractivity contribution in [2.24, 2.45) is 0 Å². The van der Waals surface area contributed by atoms with Gasteiger partial charge < -0.3 is 13.3 Å². The number of rotatable bonds is 2. The van der Waals surface area contributed by atoms with E-state index in [1.54, 1.807) is 102 Å². The van der Waals surface area contributed by atoms with Crippen LogP contribution in [0, 0.1) is 18.3 Å². The SMILES string of the molecule is Cc1ccccc1C#N.O=S(=O)(c1ccccc1)c1ccccc1.c1ccc2c(c1)c1ccccc1c1ncccc21.c1ccc2c(c1)c1ccccc1c1ocnc21.c1ccc2c(c1)c1cccnc1c1ncccc21.c1ccc2c(c1)oc1ncccc12.c1ccc2c(c1)oc1ncncc12.c1ccc2c(c1)sc1ncccc12.c1ccc2c(c1)sc1ncncc12. The second-order valence-corrected chi connectivity index (χ2v) is 33.6. The van der Waals surface area contributed by atoms with Gasteiger partial charge in [0.05, 0.1) is 43.4 Å². The van der Waals surface area contributed by atoms with Gasteiger partial charge in [-0.15, -0.1) is 22.7 Å². The van der Waals surface area contributed by atoms with Crippen LogP contribution >= 0.6 is 22.7 Å². The summed E-state index contributed by atoms with van der Waals surface area (Å²) in [6, 6.07) is 121. The molecule has 12 heterocycles. The van der Waals surface area contributed by atoms with Crippen LogP contribution in [0.25, 0.3) is 182 Å². The predicted molar refractivity (Wildman–Crippen MR) is 527 cm³/mol. The highest BCUT2D eigenvalue weighted by atomic mass is 32.2. The van der Waals surface area contributed by atoms with Crippen LogP contribution in [0.4, 0.5) is 0 Å². The summed E-state index contributed by atoms with van der Waals surface area (Å²) >= 11 is 3.46. The molecule has 0 amide bonds. The number of aryl methyl sites for hydroxylation is 1. The first-order valence-corrected chi connectivity index (χ1v) is 44.5. The van der Waals surface area contributed by atoms with Gasteiger partial charge in [0.15, 0.2) is 12.0 Å². The summed E-state index contributed by atoms with van der Waals surface area (Å²) in [5, 5.41) is 33.5. The topological polar surface area (TPSA) is 226 Å². The van der Waals surface area contributed by atoms with Crippen molar-refractivity contribution in [1.29, 1.82) is 5.26 Å². The minimum Gasteiger partial charge on any atom is -0.443 e. The van der Waals surface area contributed by atoms with Crippen LogP contribution < -0.4 is 0 Å². The number of furan rings is 2. The molecule has 0 unspecified atom stereocenters. The molecule has 0 radical (unpaired) electrons. The molecule has 0 aliphatic heterocycles. The molecule has 0 N–H and O–H groups in total. The number of nitrogens with zero attached hydrogens (tertiary/aromatic N) is 11. The third-order valence-electron chi connectivity index (χ3n) is 21.9. The van der Waals surface area contributed by atoms with Crippen molar-refractivity contribution < 1.29 is 21.7 Å². The number of para-hydroxylation sites is 2. The van der Waals surface area contributed by atoms with E-state index < -0.39 is 9.84 Å². The van der Waals surface area contributed by atoms with E-state index in [0.29, 0.717) is 21.2 Å². The maximum atomic E-state index is 12.0. The summed E-state index contributed by atoms with van der Waals surface area (Å²) in [7, 11) is -3.34. The Balaban J connectivity index is 0.0000000948. The van der Waals surface area contributed by atoms with Gasteiger partial charge in [0, 0.05) is 123 Å². The first kappa shape index (κ1) is 81.9. The average Bonchev–Trinajstić information content (AvgIpc) is 1.66. The third-order valence-corrected chi connectivity index (χ3v) is 25.8. The molecule has 0 saturated heterocycles. The first-order chi connectivity index (χ1) is 63.7. The fraction of sp³-hybridized carbons (Fsp3) is 0.00909. The molecule has 0 spiro atoms. The number of fused-ring (bicyclic) bond motifs is 30. The highest BCUT2D eigenvalue weighted by Crippen LogP contribution is 2.39. The van der Waals surface area contributed by atoms with Crippen molar-refractivity contribution in [1.82, 2.24) is 49.8 Å². The van der Waals surface area contributed by atoms with Crippen molar-refractivity contribution in [2.45, 2.75) is 16.7 Å². The lowest BCUT2D eigenvalue weighted by Gasteiger charge is -2.08. The summed E-state index contributed by atoms with van der Waals surface area (Å²) in [4.78, 5) is 45.5. The average molecular weight is 1730 g/mol. The monoisotopic (exact) mass is 1720 g/mol. The minimum atomic E-state index is -3.34. The zero-order chi connectivity index (χ0) is 87.3. The number of hydrogen-bond acceptors (Lipinski definition) is 18. The van der Waals surface area contributed by atoms with Gasteiger partial charge in [0.1, 0.15) is 39.0 Å². The molecule has 0 aliphatic rings. The van der Waals surface area contributed by atoms with E-state index in [0.717, 1.165) is 97.3 Å². The standard InChI is InChI=1S/C17H11N.C16H10N2.C15H9NO.C12H10O2S.C11H7NO.C11H7NS.C10H6N2O.C10H6N2S.C8H7N/c1-2-7-14-12(6-1)13-8-3-4-9-15(13)17-16(14)10-5-11-18-17;1-2-6-12-11(5-1)13-7-3-9-17-15(13)16-14(12)8-4-10-18-16;1-3-7-12-10(5-1)11-6-2-4-8-13(11)15-14(12)16-9-17-15;13-15(14,11-7-3-1-4-8-11)12-9-5-2-6-10-12;2*1-2-6-10-8(4-1)9-5-3-7-12-11(9)13-10;2*1-2-4-9-7(3-1)8-5-11-6-12-10(8)13-9;1-7-4-2-3-5-8(7)6-9/h1-11H;1-10H;1-9H;1-10H;2*1-7H;2*1-6H;2-5H,1H3. The van der Waals surface area contributed by atoms with Gasteiger partial charge >= 0.3 is 0 Å². The number of nitriles is 1. The molecule has 0 fully saturated rings. The van der Waals surface area contributed by atoms with Crippen LogP contribution in [-0.4, -0.2) is 58.3 Å². The van der Waals surface area contributed by atoms with Crippen LogP contribution in [0.1, 0.15) is 11.1 Å². The molecule has 27 rings (SSSR count). The van der Waals surface area contributed by atoms with Crippen LogP contribution in [-0.2, 0) is 9.84 Å². The summed E-state index contributed by atoms with van der Waals surface area (Å²) in [5.74, 6) is 0. The first-order valence-electron chi connectivity index (χ1n) is 41.4. The second kappa shape index (κ2) is 37.7. The Morgan fingerprint density at radius 2 is 0.628 bits per heavy atom. The van der Waals surface area contributed by atoms with Gasteiger partial charge in [-0.1, -0.05) is 267 Å². The van der Waals surface area contributed by atoms with Crippen LogP contribution in [0.5, 0.6) is 0 Å². The molecule has 27 aromatic rings. The Hall–Kier alpha value is -16.8.